The Bertz CT molecular complexity index is 851. The molecular weight excluding hydrogens is 406 g/mol. The van der Waals surface area contributed by atoms with Gasteiger partial charge in [-0.2, -0.15) is 0 Å². The molecule has 2 heterocycles. The van der Waals surface area contributed by atoms with Gasteiger partial charge in [-0.25, -0.2) is 8.42 Å². The van der Waals surface area contributed by atoms with E-state index in [1.807, 2.05) is 12.2 Å². The summed E-state index contributed by atoms with van der Waals surface area (Å²) in [5, 5.41) is 2.34. The summed E-state index contributed by atoms with van der Waals surface area (Å²) in [5.74, 6) is -1.25. The lowest BCUT2D eigenvalue weighted by Gasteiger charge is -2.27. The third-order valence-electron chi connectivity index (χ3n) is 6.72. The summed E-state index contributed by atoms with van der Waals surface area (Å²) in [4.78, 5) is 40.3. The Balaban J connectivity index is 1.54. The van der Waals surface area contributed by atoms with Crippen LogP contribution in [0, 0.1) is 5.92 Å². The summed E-state index contributed by atoms with van der Waals surface area (Å²) in [7, 11) is -3.70. The minimum absolute atomic E-state index is 0.0113. The van der Waals surface area contributed by atoms with E-state index >= 15 is 0 Å². The summed E-state index contributed by atoms with van der Waals surface area (Å²) in [6.45, 7) is 0.551. The van der Waals surface area contributed by atoms with Gasteiger partial charge in [0.25, 0.3) is 5.91 Å². The first-order chi connectivity index (χ1) is 14.3. The number of allylic oxidation sites excluding steroid dienone is 1. The van der Waals surface area contributed by atoms with Crippen molar-refractivity contribution in [3.63, 3.8) is 0 Å². The van der Waals surface area contributed by atoms with E-state index in [4.69, 9.17) is 0 Å². The van der Waals surface area contributed by atoms with Gasteiger partial charge in [-0.3, -0.25) is 19.1 Å². The van der Waals surface area contributed by atoms with Crippen LogP contribution in [0.1, 0.15) is 70.6 Å². The first-order valence-electron chi connectivity index (χ1n) is 11.2. The second-order valence-corrected chi connectivity index (χ2v) is 11.0. The maximum Gasteiger partial charge on any atom is 0.259 e. The Kier molecular flexibility index (Phi) is 5.92. The lowest BCUT2D eigenvalue weighted by Crippen LogP contribution is -2.56. The Morgan fingerprint density at radius 1 is 1.10 bits per heavy atom. The average molecular weight is 438 g/mol. The van der Waals surface area contributed by atoms with Crippen molar-refractivity contribution in [3.8, 4) is 0 Å². The molecule has 8 nitrogen and oxygen atoms in total. The third kappa shape index (κ3) is 4.40. The molecule has 0 spiro atoms. The molecule has 0 aromatic heterocycles. The molecule has 4 rings (SSSR count). The average Bonchev–Trinajstić information content (AvgIpc) is 3.60. The van der Waals surface area contributed by atoms with Crippen LogP contribution in [0.25, 0.3) is 0 Å². The maximum absolute atomic E-state index is 13.1. The van der Waals surface area contributed by atoms with Gasteiger partial charge in [0.1, 0.15) is 11.6 Å². The number of nitrogens with zero attached hydrogens (tertiary/aromatic N) is 1. The molecule has 0 aromatic carbocycles. The van der Waals surface area contributed by atoms with Crippen LogP contribution >= 0.6 is 0 Å². The van der Waals surface area contributed by atoms with Gasteiger partial charge in [-0.1, -0.05) is 25.0 Å². The van der Waals surface area contributed by atoms with Crippen LogP contribution in [-0.2, 0) is 24.4 Å². The largest absolute Gasteiger partial charge is 0.339 e. The van der Waals surface area contributed by atoms with Crippen LogP contribution in [0.4, 0.5) is 0 Å². The Hall–Kier alpha value is -1.90. The minimum atomic E-state index is -3.70. The van der Waals surface area contributed by atoms with Gasteiger partial charge in [-0.15, -0.1) is 0 Å². The third-order valence-corrected chi connectivity index (χ3v) is 8.54. The van der Waals surface area contributed by atoms with E-state index in [1.54, 1.807) is 4.90 Å². The summed E-state index contributed by atoms with van der Waals surface area (Å²) >= 11 is 0. The molecule has 1 saturated heterocycles. The van der Waals surface area contributed by atoms with Gasteiger partial charge < -0.3 is 10.2 Å². The van der Waals surface area contributed by atoms with Crippen LogP contribution in [0.15, 0.2) is 12.2 Å². The van der Waals surface area contributed by atoms with Gasteiger partial charge in [0, 0.05) is 18.9 Å². The number of hydrogen-bond donors (Lipinski definition) is 2. The number of amides is 3. The Morgan fingerprint density at radius 2 is 1.87 bits per heavy atom. The molecule has 3 amide bonds. The van der Waals surface area contributed by atoms with Crippen molar-refractivity contribution in [3.05, 3.63) is 12.2 Å². The molecule has 4 aliphatic rings. The number of carbonyl (C=O) groups is 3. The second kappa shape index (κ2) is 8.32. The molecule has 2 N–H and O–H groups in total. The van der Waals surface area contributed by atoms with E-state index in [1.165, 1.54) is 0 Å². The van der Waals surface area contributed by atoms with E-state index in [0.717, 1.165) is 38.5 Å². The van der Waals surface area contributed by atoms with Crippen LogP contribution < -0.4 is 10.0 Å². The van der Waals surface area contributed by atoms with Gasteiger partial charge in [0.2, 0.25) is 21.8 Å². The zero-order valence-corrected chi connectivity index (χ0v) is 18.1. The standard InChI is InChI=1S/C21H31N3O5S/c25-18-10-6-4-2-1-3-5-8-15-14-21(15,20(27)23-30(28,29)16-11-12-16)22-19(26)17-9-7-13-24(17)18/h5,8,15-17H,1-4,6-7,9-14H2,(H,22,26)(H,23,27). The number of hydrogen-bond acceptors (Lipinski definition) is 5. The maximum atomic E-state index is 13.1. The summed E-state index contributed by atoms with van der Waals surface area (Å²) in [6.07, 6.45) is 11.9. The summed E-state index contributed by atoms with van der Waals surface area (Å²) < 4.78 is 26.8. The molecule has 166 valence electrons. The molecule has 3 unspecified atom stereocenters. The molecule has 9 heteroatoms. The summed E-state index contributed by atoms with van der Waals surface area (Å²) in [6, 6.07) is -0.586. The zero-order valence-electron chi connectivity index (χ0n) is 17.3. The first-order valence-corrected chi connectivity index (χ1v) is 12.7. The Labute approximate surface area is 177 Å². The van der Waals surface area contributed by atoms with Gasteiger partial charge >= 0.3 is 0 Å². The fraction of sp³-hybridized carbons (Fsp3) is 0.762. The van der Waals surface area contributed by atoms with Gasteiger partial charge in [0.05, 0.1) is 5.25 Å². The predicted octanol–water partition coefficient (Wildman–Crippen LogP) is 1.37. The topological polar surface area (TPSA) is 113 Å². The van der Waals surface area contributed by atoms with Crippen LogP contribution in [0.3, 0.4) is 0 Å². The minimum Gasteiger partial charge on any atom is -0.339 e. The van der Waals surface area contributed by atoms with Crippen molar-refractivity contribution in [1.29, 1.82) is 0 Å². The number of sulfonamides is 1. The van der Waals surface area contributed by atoms with E-state index in [2.05, 4.69) is 10.0 Å². The summed E-state index contributed by atoms with van der Waals surface area (Å²) in [5.41, 5.74) is -1.24. The molecule has 3 fully saturated rings. The van der Waals surface area contributed by atoms with E-state index in [-0.39, 0.29) is 17.7 Å². The fourth-order valence-electron chi connectivity index (χ4n) is 4.60. The number of carbonyl (C=O) groups excluding carboxylic acids is 3. The lowest BCUT2D eigenvalue weighted by atomic mass is 10.1. The molecular formula is C21H31N3O5S. The van der Waals surface area contributed by atoms with Crippen molar-refractivity contribution in [2.75, 3.05) is 6.54 Å². The SMILES string of the molecule is O=C1NC2(C(=O)NS(=O)(=O)C3CC3)CC2C=CCCCCCCC(=O)N2CCCC12. The highest BCUT2D eigenvalue weighted by molar-refractivity contribution is 7.91. The van der Waals surface area contributed by atoms with Crippen molar-refractivity contribution < 1.29 is 22.8 Å². The number of nitrogens with one attached hydrogen (secondary N) is 2. The smallest absolute Gasteiger partial charge is 0.259 e. The van der Waals surface area contributed by atoms with E-state index < -0.39 is 32.8 Å². The van der Waals surface area contributed by atoms with E-state index in [9.17, 15) is 22.8 Å². The molecule has 0 aromatic rings. The van der Waals surface area contributed by atoms with Crippen molar-refractivity contribution in [2.45, 2.75) is 87.5 Å². The van der Waals surface area contributed by atoms with Crippen LogP contribution in [0.5, 0.6) is 0 Å². The van der Waals surface area contributed by atoms with Crippen molar-refractivity contribution in [1.82, 2.24) is 14.9 Å². The quantitative estimate of drug-likeness (QED) is 0.648. The van der Waals surface area contributed by atoms with Crippen LogP contribution in [0.2, 0.25) is 0 Å². The second-order valence-electron chi connectivity index (χ2n) is 9.07. The Morgan fingerprint density at radius 3 is 2.63 bits per heavy atom. The molecule has 2 saturated carbocycles. The van der Waals surface area contributed by atoms with Gasteiger partial charge in [0.15, 0.2) is 0 Å². The molecule has 2 aliphatic heterocycles. The van der Waals surface area contributed by atoms with Crippen LogP contribution in [-0.4, -0.2) is 54.4 Å². The zero-order chi connectivity index (χ0) is 21.4. The van der Waals surface area contributed by atoms with E-state index in [0.29, 0.717) is 38.6 Å². The molecule has 0 radical (unpaired) electrons. The predicted molar refractivity (Wildman–Crippen MR) is 111 cm³/mol. The molecule has 2 aliphatic carbocycles. The van der Waals surface area contributed by atoms with Gasteiger partial charge in [-0.05, 0) is 51.4 Å². The fourth-order valence-corrected chi connectivity index (χ4v) is 5.96. The molecule has 30 heavy (non-hydrogen) atoms. The van der Waals surface area contributed by atoms with Crippen molar-refractivity contribution >= 4 is 27.7 Å². The number of rotatable bonds is 3. The first kappa shape index (κ1) is 21.3. The monoisotopic (exact) mass is 437 g/mol. The number of fused-ring (bicyclic) bond motifs is 2. The lowest BCUT2D eigenvalue weighted by molar-refractivity contribution is -0.139. The highest BCUT2D eigenvalue weighted by Crippen LogP contribution is 2.46. The highest BCUT2D eigenvalue weighted by Gasteiger charge is 2.61. The molecule has 3 atom stereocenters. The molecule has 0 bridgehead atoms. The highest BCUT2D eigenvalue weighted by atomic mass is 32.2. The normalized spacial score (nSPS) is 33.0. The van der Waals surface area contributed by atoms with Crippen molar-refractivity contribution in [2.24, 2.45) is 5.92 Å².